The van der Waals surface area contributed by atoms with Crippen LogP contribution in [0.3, 0.4) is 0 Å². The van der Waals surface area contributed by atoms with Crippen LogP contribution in [0.5, 0.6) is 0 Å². The van der Waals surface area contributed by atoms with Gasteiger partial charge < -0.3 is 21.3 Å². The van der Waals surface area contributed by atoms with Crippen LogP contribution in [-0.4, -0.2) is 49.0 Å². The summed E-state index contributed by atoms with van der Waals surface area (Å²) in [5.74, 6) is 0.252. The first-order chi connectivity index (χ1) is 8.49. The summed E-state index contributed by atoms with van der Waals surface area (Å²) < 4.78 is 0. The third-order valence-electron chi connectivity index (χ3n) is 3.40. The number of aromatic nitrogens is 1. The molecule has 98 valence electrons. The Hall–Kier alpha value is -1.82. The average molecular weight is 249 g/mol. The zero-order valence-electron chi connectivity index (χ0n) is 10.8. The number of primary amides is 1. The fourth-order valence-corrected chi connectivity index (χ4v) is 2.21. The number of nitrogens with two attached hydrogens (primary N) is 2. The lowest BCUT2D eigenvalue weighted by molar-refractivity contribution is 0.100. The molecule has 1 aliphatic heterocycles. The minimum Gasteiger partial charge on any atom is -0.397 e. The van der Waals surface area contributed by atoms with Crippen LogP contribution in [0.2, 0.25) is 0 Å². The topological polar surface area (TPSA) is 88.5 Å². The van der Waals surface area contributed by atoms with Crippen molar-refractivity contribution >= 4 is 17.4 Å². The molecular weight excluding hydrogens is 230 g/mol. The van der Waals surface area contributed by atoms with Crippen LogP contribution < -0.4 is 16.4 Å². The summed E-state index contributed by atoms with van der Waals surface area (Å²) >= 11 is 0. The summed E-state index contributed by atoms with van der Waals surface area (Å²) in [6, 6.07) is 2.19. The zero-order valence-corrected chi connectivity index (χ0v) is 10.8. The van der Waals surface area contributed by atoms with E-state index in [0.29, 0.717) is 17.3 Å². The summed E-state index contributed by atoms with van der Waals surface area (Å²) in [6.45, 7) is 1.83. The Balaban J connectivity index is 2.20. The number of hydrogen-bond acceptors (Lipinski definition) is 5. The molecule has 2 rings (SSSR count). The van der Waals surface area contributed by atoms with Crippen molar-refractivity contribution in [1.82, 2.24) is 9.88 Å². The molecule has 1 unspecified atom stereocenters. The Morgan fingerprint density at radius 1 is 1.56 bits per heavy atom. The maximum atomic E-state index is 11.2. The van der Waals surface area contributed by atoms with E-state index in [1.54, 1.807) is 6.07 Å². The van der Waals surface area contributed by atoms with Crippen LogP contribution in [0.25, 0.3) is 0 Å². The molecule has 0 bridgehead atoms. The van der Waals surface area contributed by atoms with Crippen molar-refractivity contribution in [3.05, 3.63) is 17.8 Å². The van der Waals surface area contributed by atoms with Gasteiger partial charge in [-0.05, 0) is 26.6 Å². The highest BCUT2D eigenvalue weighted by molar-refractivity contribution is 5.98. The minimum absolute atomic E-state index is 0.328. The van der Waals surface area contributed by atoms with Gasteiger partial charge in [0, 0.05) is 19.1 Å². The number of nitrogen functional groups attached to an aromatic ring is 1. The van der Waals surface area contributed by atoms with Crippen LogP contribution in [0, 0.1) is 0 Å². The SMILES string of the molecule is CN(C)C1CCN(c2cc(C(N)=O)c(N)cn2)C1. The van der Waals surface area contributed by atoms with E-state index in [-0.39, 0.29) is 0 Å². The van der Waals surface area contributed by atoms with E-state index in [1.165, 1.54) is 6.20 Å². The Labute approximate surface area is 107 Å². The predicted octanol–water partition coefficient (Wildman–Crippen LogP) is -0.0970. The molecule has 0 aromatic carbocycles. The molecule has 1 fully saturated rings. The van der Waals surface area contributed by atoms with Gasteiger partial charge >= 0.3 is 0 Å². The lowest BCUT2D eigenvalue weighted by atomic mass is 10.2. The molecule has 6 heteroatoms. The first kappa shape index (κ1) is 12.6. The highest BCUT2D eigenvalue weighted by atomic mass is 16.1. The predicted molar refractivity (Wildman–Crippen MR) is 71.5 cm³/mol. The molecule has 1 aromatic heterocycles. The van der Waals surface area contributed by atoms with Gasteiger partial charge in [-0.15, -0.1) is 0 Å². The van der Waals surface area contributed by atoms with Gasteiger partial charge in [-0.2, -0.15) is 0 Å². The summed E-state index contributed by atoms with van der Waals surface area (Å²) in [5.41, 5.74) is 11.6. The normalized spacial score (nSPS) is 19.5. The molecule has 6 nitrogen and oxygen atoms in total. The number of nitrogens with zero attached hydrogens (tertiary/aromatic N) is 3. The van der Waals surface area contributed by atoms with Crippen LogP contribution in [0.15, 0.2) is 12.3 Å². The van der Waals surface area contributed by atoms with Gasteiger partial charge in [0.25, 0.3) is 5.91 Å². The molecular formula is C12H19N5O. The number of likely N-dealkylation sites (N-methyl/N-ethyl adjacent to an activating group) is 1. The number of carbonyl (C=O) groups is 1. The number of carbonyl (C=O) groups excluding carboxylic acids is 1. The van der Waals surface area contributed by atoms with Crippen LogP contribution in [0.4, 0.5) is 11.5 Å². The van der Waals surface area contributed by atoms with Gasteiger partial charge in [0.2, 0.25) is 0 Å². The van der Waals surface area contributed by atoms with Crippen molar-refractivity contribution in [1.29, 1.82) is 0 Å². The Bertz CT molecular complexity index is 460. The number of amides is 1. The van der Waals surface area contributed by atoms with Crippen LogP contribution in [-0.2, 0) is 0 Å². The molecule has 0 saturated carbocycles. The molecule has 18 heavy (non-hydrogen) atoms. The van der Waals surface area contributed by atoms with Gasteiger partial charge in [0.05, 0.1) is 17.4 Å². The molecule has 1 saturated heterocycles. The van der Waals surface area contributed by atoms with Gasteiger partial charge in [-0.1, -0.05) is 0 Å². The van der Waals surface area contributed by atoms with Gasteiger partial charge in [-0.3, -0.25) is 4.79 Å². The summed E-state index contributed by atoms with van der Waals surface area (Å²) in [6.07, 6.45) is 2.59. The van der Waals surface area contributed by atoms with Crippen molar-refractivity contribution in [2.24, 2.45) is 5.73 Å². The van der Waals surface area contributed by atoms with Crippen molar-refractivity contribution in [2.45, 2.75) is 12.5 Å². The molecule has 1 amide bonds. The van der Waals surface area contributed by atoms with Crippen LogP contribution >= 0.6 is 0 Å². The van der Waals surface area contributed by atoms with E-state index in [1.807, 2.05) is 0 Å². The quantitative estimate of drug-likeness (QED) is 0.781. The van der Waals surface area contributed by atoms with Crippen molar-refractivity contribution < 1.29 is 4.79 Å². The minimum atomic E-state index is -0.514. The molecule has 1 aromatic rings. The fourth-order valence-electron chi connectivity index (χ4n) is 2.21. The smallest absolute Gasteiger partial charge is 0.250 e. The molecule has 0 radical (unpaired) electrons. The number of rotatable bonds is 3. The maximum absolute atomic E-state index is 11.2. The Kier molecular flexibility index (Phi) is 3.38. The maximum Gasteiger partial charge on any atom is 0.250 e. The molecule has 1 atom stereocenters. The van der Waals surface area contributed by atoms with E-state index in [0.717, 1.165) is 25.3 Å². The Morgan fingerprint density at radius 3 is 2.83 bits per heavy atom. The van der Waals surface area contributed by atoms with Crippen molar-refractivity contribution in [2.75, 3.05) is 37.8 Å². The number of anilines is 2. The summed E-state index contributed by atoms with van der Waals surface area (Å²) in [5, 5.41) is 0. The first-order valence-corrected chi connectivity index (χ1v) is 5.95. The van der Waals surface area contributed by atoms with E-state index >= 15 is 0 Å². The van der Waals surface area contributed by atoms with E-state index in [4.69, 9.17) is 11.5 Å². The Morgan fingerprint density at radius 2 is 2.28 bits per heavy atom. The molecule has 0 aliphatic carbocycles. The standard InChI is InChI=1S/C12H19N5O/c1-16(2)8-3-4-17(7-8)11-5-9(12(14)18)10(13)6-15-11/h5-6,8H,3-4,7,13H2,1-2H3,(H2,14,18). The monoisotopic (exact) mass is 249 g/mol. The summed E-state index contributed by atoms with van der Waals surface area (Å²) in [7, 11) is 4.14. The lowest BCUT2D eigenvalue weighted by Gasteiger charge is -2.21. The van der Waals surface area contributed by atoms with E-state index in [9.17, 15) is 4.79 Å². The second-order valence-corrected chi connectivity index (χ2v) is 4.85. The molecule has 0 spiro atoms. The largest absolute Gasteiger partial charge is 0.397 e. The molecule has 1 aliphatic rings. The zero-order chi connectivity index (χ0) is 13.3. The van der Waals surface area contributed by atoms with Crippen LogP contribution in [0.1, 0.15) is 16.8 Å². The third kappa shape index (κ3) is 2.38. The molecule has 4 N–H and O–H groups in total. The highest BCUT2D eigenvalue weighted by Gasteiger charge is 2.25. The second-order valence-electron chi connectivity index (χ2n) is 4.85. The second kappa shape index (κ2) is 4.81. The van der Waals surface area contributed by atoms with Gasteiger partial charge in [0.1, 0.15) is 5.82 Å². The first-order valence-electron chi connectivity index (χ1n) is 5.95. The van der Waals surface area contributed by atoms with E-state index < -0.39 is 5.91 Å². The number of pyridine rings is 1. The summed E-state index contributed by atoms with van der Waals surface area (Å²) in [4.78, 5) is 19.9. The number of hydrogen-bond donors (Lipinski definition) is 2. The van der Waals surface area contributed by atoms with Crippen molar-refractivity contribution in [3.8, 4) is 0 Å². The third-order valence-corrected chi connectivity index (χ3v) is 3.40. The lowest BCUT2D eigenvalue weighted by Crippen LogP contribution is -2.31. The van der Waals surface area contributed by atoms with E-state index in [2.05, 4.69) is 28.9 Å². The van der Waals surface area contributed by atoms with Crippen molar-refractivity contribution in [3.63, 3.8) is 0 Å². The highest BCUT2D eigenvalue weighted by Crippen LogP contribution is 2.23. The molecule has 2 heterocycles. The fraction of sp³-hybridized carbons (Fsp3) is 0.500. The van der Waals surface area contributed by atoms with Gasteiger partial charge in [0.15, 0.2) is 0 Å². The average Bonchev–Trinajstić information content (AvgIpc) is 2.78. The van der Waals surface area contributed by atoms with Gasteiger partial charge in [-0.25, -0.2) is 4.98 Å².